The molecule has 0 saturated heterocycles. The third kappa shape index (κ3) is 2.89. The van der Waals surface area contributed by atoms with Crippen molar-refractivity contribution in [1.82, 2.24) is 4.57 Å². The minimum absolute atomic E-state index is 0.0656. The highest BCUT2D eigenvalue weighted by molar-refractivity contribution is 7.92. The lowest BCUT2D eigenvalue weighted by Crippen LogP contribution is -2.19. The summed E-state index contributed by atoms with van der Waals surface area (Å²) in [5, 5.41) is 0. The second kappa shape index (κ2) is 5.78. The minimum atomic E-state index is -4.02. The molecule has 0 bridgehead atoms. The van der Waals surface area contributed by atoms with Gasteiger partial charge in [-0.05, 0) is 30.7 Å². The Labute approximate surface area is 142 Å². The smallest absolute Gasteiger partial charge is 0.408 e. The molecule has 1 amide bonds. The summed E-state index contributed by atoms with van der Waals surface area (Å²) in [5.74, 6) is -1.33. The van der Waals surface area contributed by atoms with Crippen molar-refractivity contribution < 1.29 is 17.6 Å². The summed E-state index contributed by atoms with van der Waals surface area (Å²) in [6.07, 6.45) is 0. The van der Waals surface area contributed by atoms with E-state index in [1.807, 2.05) is 0 Å². The van der Waals surface area contributed by atoms with Crippen molar-refractivity contribution in [3.8, 4) is 0 Å². The van der Waals surface area contributed by atoms with Crippen molar-refractivity contribution >= 4 is 32.7 Å². The second-order valence-electron chi connectivity index (χ2n) is 5.52. The molecule has 0 unspecified atom stereocenters. The van der Waals surface area contributed by atoms with E-state index >= 15 is 0 Å². The number of amides is 1. The first-order valence-corrected chi connectivity index (χ1v) is 8.71. The summed E-state index contributed by atoms with van der Waals surface area (Å²) in [6.45, 7) is 1.66. The van der Waals surface area contributed by atoms with Crippen LogP contribution in [0.1, 0.15) is 15.9 Å². The number of carbonyl (C=O) groups excluding carboxylic acids is 1. The highest BCUT2D eigenvalue weighted by atomic mass is 32.2. The first kappa shape index (κ1) is 16.8. The predicted molar refractivity (Wildman–Crippen MR) is 92.0 cm³/mol. The third-order valence-corrected chi connectivity index (χ3v) is 5.20. The van der Waals surface area contributed by atoms with Crippen molar-refractivity contribution in [3.63, 3.8) is 0 Å². The second-order valence-corrected chi connectivity index (χ2v) is 7.21. The molecule has 9 heteroatoms. The van der Waals surface area contributed by atoms with Crippen LogP contribution in [0, 0.1) is 6.92 Å². The zero-order valence-electron chi connectivity index (χ0n) is 13.4. The number of aromatic nitrogens is 1. The molecule has 3 N–H and O–H groups in total. The van der Waals surface area contributed by atoms with Crippen LogP contribution in [0.25, 0.3) is 11.1 Å². The number of sulfonamides is 1. The largest absolute Gasteiger partial charge is 0.419 e. The Kier molecular flexibility index (Phi) is 3.88. The quantitative estimate of drug-likeness (QED) is 0.725. The third-order valence-electron chi connectivity index (χ3n) is 3.85. The number of para-hydroxylation sites is 1. The summed E-state index contributed by atoms with van der Waals surface area (Å²) in [6, 6.07) is 8.78. The minimum Gasteiger partial charge on any atom is -0.408 e. The Hall–Kier alpha value is -3.07. The molecule has 0 fully saturated rings. The van der Waals surface area contributed by atoms with Crippen LogP contribution in [-0.4, -0.2) is 18.9 Å². The first-order chi connectivity index (χ1) is 11.7. The van der Waals surface area contributed by atoms with E-state index in [0.29, 0.717) is 11.1 Å². The molecule has 0 saturated carbocycles. The molecule has 0 aliphatic carbocycles. The standard InChI is InChI=1S/C16H15N3O5S/c1-9-4-3-5-11(15(17)20)14(9)18-25(22,23)10-6-7-12-13(8-10)24-16(21)19(12)2/h3-8,18H,1-2H3,(H2,17,20). The number of carbonyl (C=O) groups is 1. The molecule has 0 radical (unpaired) electrons. The fourth-order valence-electron chi connectivity index (χ4n) is 2.48. The van der Waals surface area contributed by atoms with Gasteiger partial charge in [0.1, 0.15) is 0 Å². The highest BCUT2D eigenvalue weighted by Crippen LogP contribution is 2.25. The fraction of sp³-hybridized carbons (Fsp3) is 0.125. The molecule has 25 heavy (non-hydrogen) atoms. The summed E-state index contributed by atoms with van der Waals surface area (Å²) in [7, 11) is -2.50. The molecular weight excluding hydrogens is 346 g/mol. The molecule has 0 aliphatic rings. The van der Waals surface area contributed by atoms with E-state index < -0.39 is 21.7 Å². The Morgan fingerprint density at radius 3 is 2.64 bits per heavy atom. The van der Waals surface area contributed by atoms with E-state index in [0.717, 1.165) is 0 Å². The Balaban J connectivity index is 2.09. The number of fused-ring (bicyclic) bond motifs is 1. The first-order valence-electron chi connectivity index (χ1n) is 7.22. The van der Waals surface area contributed by atoms with Gasteiger partial charge in [-0.1, -0.05) is 12.1 Å². The molecule has 3 aromatic rings. The molecule has 8 nitrogen and oxygen atoms in total. The van der Waals surface area contributed by atoms with Crippen molar-refractivity contribution in [2.75, 3.05) is 4.72 Å². The molecule has 0 aliphatic heterocycles. The zero-order valence-corrected chi connectivity index (χ0v) is 14.3. The van der Waals surface area contributed by atoms with Gasteiger partial charge in [-0.15, -0.1) is 0 Å². The molecule has 0 spiro atoms. The molecule has 2 aromatic carbocycles. The highest BCUT2D eigenvalue weighted by Gasteiger charge is 2.20. The maximum atomic E-state index is 12.7. The van der Waals surface area contributed by atoms with Crippen LogP contribution in [0.5, 0.6) is 0 Å². The number of oxazole rings is 1. The summed E-state index contributed by atoms with van der Waals surface area (Å²) in [4.78, 5) is 23.0. The molecule has 1 heterocycles. The number of nitrogens with one attached hydrogen (secondary N) is 1. The SMILES string of the molecule is Cc1cccc(C(N)=O)c1NS(=O)(=O)c1ccc2c(c1)oc(=O)n2C. The monoisotopic (exact) mass is 361 g/mol. The molecular formula is C16H15N3O5S. The van der Waals surface area contributed by atoms with Crippen molar-refractivity contribution in [1.29, 1.82) is 0 Å². The van der Waals surface area contributed by atoms with Gasteiger partial charge >= 0.3 is 5.76 Å². The lowest BCUT2D eigenvalue weighted by molar-refractivity contribution is 0.100. The molecule has 130 valence electrons. The van der Waals surface area contributed by atoms with Crippen LogP contribution in [0.15, 0.2) is 50.5 Å². The van der Waals surface area contributed by atoms with Gasteiger partial charge in [-0.2, -0.15) is 0 Å². The van der Waals surface area contributed by atoms with Gasteiger partial charge in [0.25, 0.3) is 15.9 Å². The fourth-order valence-corrected chi connectivity index (χ4v) is 3.65. The normalized spacial score (nSPS) is 11.6. The van der Waals surface area contributed by atoms with Crippen LogP contribution < -0.4 is 16.2 Å². The lowest BCUT2D eigenvalue weighted by Gasteiger charge is -2.13. The topological polar surface area (TPSA) is 124 Å². The van der Waals surface area contributed by atoms with E-state index in [4.69, 9.17) is 10.2 Å². The van der Waals surface area contributed by atoms with Gasteiger partial charge in [0.15, 0.2) is 5.58 Å². The Morgan fingerprint density at radius 1 is 1.24 bits per heavy atom. The van der Waals surface area contributed by atoms with E-state index in [1.54, 1.807) is 19.1 Å². The predicted octanol–water partition coefficient (Wildman–Crippen LogP) is 1.34. The van der Waals surface area contributed by atoms with E-state index in [9.17, 15) is 18.0 Å². The van der Waals surface area contributed by atoms with Crippen LogP contribution in [0.3, 0.4) is 0 Å². The van der Waals surface area contributed by atoms with Crippen molar-refractivity contribution in [2.45, 2.75) is 11.8 Å². The average molecular weight is 361 g/mol. The maximum absolute atomic E-state index is 12.7. The Morgan fingerprint density at radius 2 is 1.96 bits per heavy atom. The Bertz CT molecular complexity index is 1160. The number of nitrogens with zero attached hydrogens (tertiary/aromatic N) is 1. The molecule has 3 rings (SSSR count). The van der Waals surface area contributed by atoms with Gasteiger partial charge in [-0.25, -0.2) is 13.2 Å². The number of hydrogen-bond donors (Lipinski definition) is 2. The van der Waals surface area contributed by atoms with Gasteiger partial charge < -0.3 is 10.2 Å². The van der Waals surface area contributed by atoms with Gasteiger partial charge in [0, 0.05) is 13.1 Å². The van der Waals surface area contributed by atoms with Crippen LogP contribution in [-0.2, 0) is 17.1 Å². The number of primary amides is 1. The average Bonchev–Trinajstić information content (AvgIpc) is 2.83. The lowest BCUT2D eigenvalue weighted by atomic mass is 10.1. The number of nitrogens with two attached hydrogens (primary N) is 1. The van der Waals surface area contributed by atoms with Crippen molar-refractivity contribution in [2.24, 2.45) is 12.8 Å². The molecule has 0 atom stereocenters. The van der Waals surface area contributed by atoms with Crippen molar-refractivity contribution in [3.05, 3.63) is 58.1 Å². The maximum Gasteiger partial charge on any atom is 0.419 e. The summed E-state index contributed by atoms with van der Waals surface area (Å²) in [5.41, 5.74) is 6.66. The number of rotatable bonds is 4. The van der Waals surface area contributed by atoms with Crippen LogP contribution >= 0.6 is 0 Å². The number of aryl methyl sites for hydroxylation is 2. The van der Waals surface area contributed by atoms with E-state index in [-0.39, 0.29) is 21.7 Å². The zero-order chi connectivity index (χ0) is 18.4. The van der Waals surface area contributed by atoms with Gasteiger partial charge in [0.2, 0.25) is 0 Å². The summed E-state index contributed by atoms with van der Waals surface area (Å²) < 4.78 is 34.0. The van der Waals surface area contributed by atoms with E-state index in [1.165, 1.54) is 35.9 Å². The van der Waals surface area contributed by atoms with Crippen LogP contribution in [0.4, 0.5) is 5.69 Å². The number of hydrogen-bond acceptors (Lipinski definition) is 5. The van der Waals surface area contributed by atoms with E-state index in [2.05, 4.69) is 4.72 Å². The molecule has 1 aromatic heterocycles. The number of benzene rings is 2. The van der Waals surface area contributed by atoms with Crippen LogP contribution in [0.2, 0.25) is 0 Å². The van der Waals surface area contributed by atoms with Gasteiger partial charge in [-0.3, -0.25) is 14.1 Å². The number of anilines is 1. The summed E-state index contributed by atoms with van der Waals surface area (Å²) >= 11 is 0. The van der Waals surface area contributed by atoms with Gasteiger partial charge in [0.05, 0.1) is 21.7 Å².